The van der Waals surface area contributed by atoms with Gasteiger partial charge in [-0.15, -0.1) is 0 Å². The molecule has 13 heavy (non-hydrogen) atoms. The molecule has 0 saturated carbocycles. The zero-order chi connectivity index (χ0) is 9.10. The van der Waals surface area contributed by atoms with E-state index in [0.717, 1.165) is 32.0 Å². The van der Waals surface area contributed by atoms with Crippen LogP contribution in [-0.2, 0) is 4.79 Å². The Morgan fingerprint density at radius 1 is 1.38 bits per heavy atom. The van der Waals surface area contributed by atoms with E-state index in [1.54, 1.807) is 6.20 Å². The first-order chi connectivity index (χ1) is 6.36. The van der Waals surface area contributed by atoms with Gasteiger partial charge in [-0.1, -0.05) is 0 Å². The lowest BCUT2D eigenvalue weighted by Crippen LogP contribution is -2.47. The highest BCUT2D eigenvalue weighted by molar-refractivity contribution is 6.07. The molecule has 0 aromatic rings. The van der Waals surface area contributed by atoms with Crippen molar-refractivity contribution in [3.8, 4) is 0 Å². The monoisotopic (exact) mass is 179 g/mol. The summed E-state index contributed by atoms with van der Waals surface area (Å²) >= 11 is 0. The number of ketones is 1. The van der Waals surface area contributed by atoms with Gasteiger partial charge in [-0.2, -0.15) is 0 Å². The maximum absolute atomic E-state index is 11.1. The van der Waals surface area contributed by atoms with Crippen LogP contribution < -0.4 is 5.32 Å². The summed E-state index contributed by atoms with van der Waals surface area (Å²) in [5, 5.41) is 3.27. The normalized spacial score (nSPS) is 23.2. The molecule has 2 aliphatic rings. The Balaban J connectivity index is 2.02. The Labute approximate surface area is 77.3 Å². The standard InChI is InChI=1S/C9H13N3O/c13-8-1-2-11-9(7-8)12-5-3-10-4-6-12/h1-2,10H,3-7H2. The van der Waals surface area contributed by atoms with Crippen LogP contribution >= 0.6 is 0 Å². The lowest BCUT2D eigenvalue weighted by atomic mass is 10.2. The fourth-order valence-electron chi connectivity index (χ4n) is 1.58. The summed E-state index contributed by atoms with van der Waals surface area (Å²) in [6.07, 6.45) is 3.60. The van der Waals surface area contributed by atoms with Crippen molar-refractivity contribution in [2.24, 2.45) is 4.99 Å². The molecular weight excluding hydrogens is 166 g/mol. The topological polar surface area (TPSA) is 44.7 Å². The number of piperazine rings is 1. The van der Waals surface area contributed by atoms with Gasteiger partial charge in [0.1, 0.15) is 5.84 Å². The number of aliphatic imine (C=N–C) groups is 1. The highest BCUT2D eigenvalue weighted by atomic mass is 16.1. The molecule has 0 aliphatic carbocycles. The molecule has 0 aromatic heterocycles. The summed E-state index contributed by atoms with van der Waals surface area (Å²) in [5.74, 6) is 1.08. The summed E-state index contributed by atoms with van der Waals surface area (Å²) in [6.45, 7) is 3.88. The summed E-state index contributed by atoms with van der Waals surface area (Å²) < 4.78 is 0. The number of hydrogen-bond donors (Lipinski definition) is 1. The van der Waals surface area contributed by atoms with Gasteiger partial charge < -0.3 is 10.2 Å². The first kappa shape index (κ1) is 8.44. The molecule has 0 unspecified atom stereocenters. The summed E-state index contributed by atoms with van der Waals surface area (Å²) in [5.41, 5.74) is 0. The maximum Gasteiger partial charge on any atom is 0.164 e. The smallest absolute Gasteiger partial charge is 0.164 e. The SMILES string of the molecule is O=C1C=CN=C(N2CCNCC2)C1. The Kier molecular flexibility index (Phi) is 2.40. The second-order valence-corrected chi connectivity index (χ2v) is 3.24. The van der Waals surface area contributed by atoms with Crippen molar-refractivity contribution in [3.63, 3.8) is 0 Å². The van der Waals surface area contributed by atoms with Crippen LogP contribution in [0, 0.1) is 0 Å². The molecule has 1 N–H and O–H groups in total. The van der Waals surface area contributed by atoms with E-state index < -0.39 is 0 Å². The van der Waals surface area contributed by atoms with Crippen molar-refractivity contribution in [1.82, 2.24) is 10.2 Å². The number of nitrogens with zero attached hydrogens (tertiary/aromatic N) is 2. The van der Waals surface area contributed by atoms with Crippen LogP contribution in [0.25, 0.3) is 0 Å². The second kappa shape index (κ2) is 3.70. The van der Waals surface area contributed by atoms with Gasteiger partial charge in [0.2, 0.25) is 0 Å². The van der Waals surface area contributed by atoms with Crippen LogP contribution in [0.5, 0.6) is 0 Å². The van der Waals surface area contributed by atoms with E-state index in [0.29, 0.717) is 6.42 Å². The lowest BCUT2D eigenvalue weighted by Gasteiger charge is -2.30. The van der Waals surface area contributed by atoms with Gasteiger partial charge in [0.25, 0.3) is 0 Å². The molecule has 4 nitrogen and oxygen atoms in total. The van der Waals surface area contributed by atoms with Crippen molar-refractivity contribution < 1.29 is 4.79 Å². The maximum atomic E-state index is 11.1. The quantitative estimate of drug-likeness (QED) is 0.559. The van der Waals surface area contributed by atoms with Gasteiger partial charge in [0, 0.05) is 32.4 Å². The zero-order valence-corrected chi connectivity index (χ0v) is 7.49. The van der Waals surface area contributed by atoms with Gasteiger partial charge in [-0.3, -0.25) is 4.79 Å². The van der Waals surface area contributed by atoms with Crippen molar-refractivity contribution in [1.29, 1.82) is 0 Å². The van der Waals surface area contributed by atoms with Crippen LogP contribution in [0.2, 0.25) is 0 Å². The predicted octanol–water partition coefficient (Wildman–Crippen LogP) is -0.223. The van der Waals surface area contributed by atoms with Gasteiger partial charge in [-0.25, -0.2) is 4.99 Å². The van der Waals surface area contributed by atoms with Crippen LogP contribution in [0.1, 0.15) is 6.42 Å². The van der Waals surface area contributed by atoms with Crippen LogP contribution in [0.3, 0.4) is 0 Å². The average molecular weight is 179 g/mol. The Morgan fingerprint density at radius 2 is 2.15 bits per heavy atom. The molecule has 0 amide bonds. The highest BCUT2D eigenvalue weighted by Gasteiger charge is 2.17. The van der Waals surface area contributed by atoms with Crippen LogP contribution in [0.4, 0.5) is 0 Å². The van der Waals surface area contributed by atoms with Crippen LogP contribution in [0.15, 0.2) is 17.3 Å². The minimum atomic E-state index is 0.156. The molecule has 1 saturated heterocycles. The Hall–Kier alpha value is -1.16. The summed E-state index contributed by atoms with van der Waals surface area (Å²) in [7, 11) is 0. The third kappa shape index (κ3) is 1.95. The third-order valence-corrected chi connectivity index (χ3v) is 2.30. The second-order valence-electron chi connectivity index (χ2n) is 3.24. The highest BCUT2D eigenvalue weighted by Crippen LogP contribution is 2.05. The lowest BCUT2D eigenvalue weighted by molar-refractivity contribution is -0.113. The molecule has 2 rings (SSSR count). The molecule has 2 heterocycles. The van der Waals surface area contributed by atoms with Gasteiger partial charge >= 0.3 is 0 Å². The van der Waals surface area contributed by atoms with E-state index in [4.69, 9.17) is 0 Å². The third-order valence-electron chi connectivity index (χ3n) is 2.30. The minimum absolute atomic E-state index is 0.156. The molecule has 0 spiro atoms. The largest absolute Gasteiger partial charge is 0.357 e. The molecule has 0 radical (unpaired) electrons. The van der Waals surface area contributed by atoms with E-state index in [1.165, 1.54) is 6.08 Å². The molecule has 4 heteroatoms. The zero-order valence-electron chi connectivity index (χ0n) is 7.49. The van der Waals surface area contributed by atoms with E-state index in [9.17, 15) is 4.79 Å². The summed E-state index contributed by atoms with van der Waals surface area (Å²) in [4.78, 5) is 17.5. The van der Waals surface area contributed by atoms with Crippen molar-refractivity contribution in [3.05, 3.63) is 12.3 Å². The molecule has 0 atom stereocenters. The van der Waals surface area contributed by atoms with Gasteiger partial charge in [0.15, 0.2) is 5.78 Å². The van der Waals surface area contributed by atoms with Gasteiger partial charge in [-0.05, 0) is 6.08 Å². The fraction of sp³-hybridized carbons (Fsp3) is 0.556. The molecule has 0 aromatic carbocycles. The van der Waals surface area contributed by atoms with Crippen molar-refractivity contribution >= 4 is 11.6 Å². The number of rotatable bonds is 0. The molecule has 2 aliphatic heterocycles. The van der Waals surface area contributed by atoms with Crippen molar-refractivity contribution in [2.75, 3.05) is 26.2 Å². The van der Waals surface area contributed by atoms with Crippen LogP contribution in [-0.4, -0.2) is 42.7 Å². The number of amidine groups is 1. The summed E-state index contributed by atoms with van der Waals surface area (Å²) in [6, 6.07) is 0. The van der Waals surface area contributed by atoms with E-state index >= 15 is 0 Å². The first-order valence-electron chi connectivity index (χ1n) is 4.58. The van der Waals surface area contributed by atoms with E-state index in [1.807, 2.05) is 0 Å². The number of carbonyl (C=O) groups excluding carboxylic acids is 1. The minimum Gasteiger partial charge on any atom is -0.357 e. The van der Waals surface area contributed by atoms with Gasteiger partial charge in [0.05, 0.1) is 6.42 Å². The predicted molar refractivity (Wildman–Crippen MR) is 50.6 cm³/mol. The fourth-order valence-corrected chi connectivity index (χ4v) is 1.58. The number of nitrogens with one attached hydrogen (secondary N) is 1. The molecular formula is C9H13N3O. The van der Waals surface area contributed by atoms with E-state index in [2.05, 4.69) is 15.2 Å². The molecule has 1 fully saturated rings. The number of allylic oxidation sites excluding steroid dienone is 1. The molecule has 70 valence electrons. The number of carbonyl (C=O) groups is 1. The Bertz CT molecular complexity index is 264. The number of hydrogen-bond acceptors (Lipinski definition) is 4. The molecule has 0 bridgehead atoms. The van der Waals surface area contributed by atoms with Crippen molar-refractivity contribution in [2.45, 2.75) is 6.42 Å². The van der Waals surface area contributed by atoms with E-state index in [-0.39, 0.29) is 5.78 Å². The Morgan fingerprint density at radius 3 is 2.85 bits per heavy atom. The first-order valence-corrected chi connectivity index (χ1v) is 4.58. The average Bonchev–Trinajstić information content (AvgIpc) is 2.19.